The third-order valence-electron chi connectivity index (χ3n) is 7.46. The third kappa shape index (κ3) is 7.71. The largest absolute Gasteiger partial charge is 0.352 e. The molecule has 7 nitrogen and oxygen atoms in total. The molecule has 0 spiro atoms. The first-order valence-corrected chi connectivity index (χ1v) is 15.9. The molecule has 4 aromatic rings. The number of sulfonamides is 1. The lowest BCUT2D eigenvalue weighted by Gasteiger charge is -2.34. The van der Waals surface area contributed by atoms with E-state index < -0.39 is 40.2 Å². The van der Waals surface area contributed by atoms with E-state index in [0.717, 1.165) is 15.4 Å². The van der Waals surface area contributed by atoms with E-state index in [4.69, 9.17) is 0 Å². The Morgan fingerprint density at radius 2 is 1.43 bits per heavy atom. The van der Waals surface area contributed by atoms with Gasteiger partial charge in [-0.05, 0) is 68.7 Å². The highest BCUT2D eigenvalue weighted by atomic mass is 32.2. The number of amides is 2. The van der Waals surface area contributed by atoms with Crippen molar-refractivity contribution < 1.29 is 22.4 Å². The Hall–Kier alpha value is -4.50. The summed E-state index contributed by atoms with van der Waals surface area (Å²) in [5, 5.41) is 2.90. The van der Waals surface area contributed by atoms with Gasteiger partial charge in [0.05, 0.1) is 10.6 Å². The van der Waals surface area contributed by atoms with Crippen LogP contribution in [0.3, 0.4) is 0 Å². The Labute approximate surface area is 259 Å². The van der Waals surface area contributed by atoms with E-state index in [9.17, 15) is 18.0 Å². The summed E-state index contributed by atoms with van der Waals surface area (Å²) in [5.74, 6) is -1.59. The van der Waals surface area contributed by atoms with Crippen LogP contribution in [-0.4, -0.2) is 43.8 Å². The number of carbonyl (C=O) groups excluding carboxylic acids is 2. The minimum atomic E-state index is -4.22. The van der Waals surface area contributed by atoms with Crippen LogP contribution in [0.2, 0.25) is 0 Å². The summed E-state index contributed by atoms with van der Waals surface area (Å²) in [6.07, 6.45) is 0.147. The van der Waals surface area contributed by atoms with Gasteiger partial charge in [0.1, 0.15) is 18.4 Å². The first kappa shape index (κ1) is 32.4. The summed E-state index contributed by atoms with van der Waals surface area (Å²) in [7, 11) is -4.22. The minimum Gasteiger partial charge on any atom is -0.352 e. The number of nitrogens with zero attached hydrogens (tertiary/aromatic N) is 2. The molecule has 0 aliphatic carbocycles. The first-order chi connectivity index (χ1) is 21.0. The van der Waals surface area contributed by atoms with Gasteiger partial charge < -0.3 is 10.2 Å². The fraction of sp³-hybridized carbons (Fsp3) is 0.257. The Kier molecular flexibility index (Phi) is 10.5. The smallest absolute Gasteiger partial charge is 0.264 e. The van der Waals surface area contributed by atoms with Crippen molar-refractivity contribution >= 4 is 27.5 Å². The van der Waals surface area contributed by atoms with Gasteiger partial charge in [0.2, 0.25) is 11.8 Å². The van der Waals surface area contributed by atoms with Gasteiger partial charge in [-0.1, -0.05) is 78.9 Å². The number of rotatable bonds is 12. The Morgan fingerprint density at radius 1 is 0.818 bits per heavy atom. The van der Waals surface area contributed by atoms with Crippen molar-refractivity contribution in [3.8, 4) is 0 Å². The summed E-state index contributed by atoms with van der Waals surface area (Å²) >= 11 is 0. The molecule has 0 heterocycles. The van der Waals surface area contributed by atoms with Crippen molar-refractivity contribution in [2.24, 2.45) is 0 Å². The van der Waals surface area contributed by atoms with Crippen LogP contribution in [0.25, 0.3) is 0 Å². The van der Waals surface area contributed by atoms with E-state index >= 15 is 4.39 Å². The Balaban J connectivity index is 1.84. The fourth-order valence-corrected chi connectivity index (χ4v) is 6.48. The standard InChI is InChI=1S/C35H38FN3O4S/c1-25(2)37-35(41)33(22-28-15-7-5-8-16-28)38(23-29-17-11-12-20-31(29)36)34(40)24-39(32-21-13-14-26(3)27(32)4)44(42,43)30-18-9-6-10-19-30/h5-21,25,33H,22-24H2,1-4H3,(H,37,41). The van der Waals surface area contributed by atoms with Gasteiger partial charge in [0.15, 0.2) is 0 Å². The van der Waals surface area contributed by atoms with Crippen molar-refractivity contribution in [3.05, 3.63) is 131 Å². The monoisotopic (exact) mass is 615 g/mol. The van der Waals surface area contributed by atoms with E-state index in [1.54, 1.807) is 55.5 Å². The highest BCUT2D eigenvalue weighted by molar-refractivity contribution is 7.92. The van der Waals surface area contributed by atoms with Crippen LogP contribution in [0.1, 0.15) is 36.1 Å². The zero-order chi connectivity index (χ0) is 31.9. The highest BCUT2D eigenvalue weighted by Crippen LogP contribution is 2.29. The lowest BCUT2D eigenvalue weighted by Crippen LogP contribution is -2.54. The van der Waals surface area contributed by atoms with Gasteiger partial charge in [0.25, 0.3) is 10.0 Å². The predicted octanol–water partition coefficient (Wildman–Crippen LogP) is 5.80. The molecular weight excluding hydrogens is 577 g/mol. The molecule has 0 aromatic heterocycles. The van der Waals surface area contributed by atoms with Crippen LogP contribution < -0.4 is 9.62 Å². The fourth-order valence-electron chi connectivity index (χ4n) is 4.98. The molecule has 1 unspecified atom stereocenters. The normalized spacial score (nSPS) is 12.0. The van der Waals surface area contributed by atoms with Gasteiger partial charge in [0, 0.05) is 24.6 Å². The maximum absolute atomic E-state index is 15.0. The van der Waals surface area contributed by atoms with Crippen LogP contribution in [-0.2, 0) is 32.6 Å². The van der Waals surface area contributed by atoms with Gasteiger partial charge in [-0.3, -0.25) is 13.9 Å². The molecular formula is C35H38FN3O4S. The average molecular weight is 616 g/mol. The molecule has 0 radical (unpaired) electrons. The van der Waals surface area contributed by atoms with Gasteiger partial charge in [-0.25, -0.2) is 12.8 Å². The van der Waals surface area contributed by atoms with Crippen molar-refractivity contribution in [2.75, 3.05) is 10.8 Å². The summed E-state index contributed by atoms with van der Waals surface area (Å²) in [5.41, 5.74) is 2.90. The average Bonchev–Trinajstić information content (AvgIpc) is 3.00. The van der Waals surface area contributed by atoms with Gasteiger partial charge in [-0.15, -0.1) is 0 Å². The molecule has 1 N–H and O–H groups in total. The van der Waals surface area contributed by atoms with E-state index in [1.165, 1.54) is 23.1 Å². The number of hydrogen-bond acceptors (Lipinski definition) is 4. The highest BCUT2D eigenvalue weighted by Gasteiger charge is 2.35. The van der Waals surface area contributed by atoms with Gasteiger partial charge >= 0.3 is 0 Å². The summed E-state index contributed by atoms with van der Waals surface area (Å²) in [6, 6.07) is 27.2. The molecule has 0 bridgehead atoms. The Morgan fingerprint density at radius 3 is 2.07 bits per heavy atom. The molecule has 4 aromatic carbocycles. The van der Waals surface area contributed by atoms with Crippen LogP contribution in [0.15, 0.2) is 108 Å². The quantitative estimate of drug-likeness (QED) is 0.218. The van der Waals surface area contributed by atoms with Crippen molar-refractivity contribution in [1.82, 2.24) is 10.2 Å². The van der Waals surface area contributed by atoms with Crippen LogP contribution in [0, 0.1) is 19.7 Å². The molecule has 0 saturated carbocycles. The topological polar surface area (TPSA) is 86.8 Å². The van der Waals surface area contributed by atoms with E-state index in [0.29, 0.717) is 11.3 Å². The zero-order valence-corrected chi connectivity index (χ0v) is 26.2. The maximum atomic E-state index is 15.0. The minimum absolute atomic E-state index is 0.0211. The number of benzene rings is 4. The summed E-state index contributed by atoms with van der Waals surface area (Å²) < 4.78 is 44.3. The zero-order valence-electron chi connectivity index (χ0n) is 25.4. The van der Waals surface area contributed by atoms with Crippen LogP contribution in [0.5, 0.6) is 0 Å². The van der Waals surface area contributed by atoms with E-state index in [2.05, 4.69) is 5.32 Å². The second-order valence-corrected chi connectivity index (χ2v) is 12.9. The van der Waals surface area contributed by atoms with Gasteiger partial charge in [-0.2, -0.15) is 0 Å². The van der Waals surface area contributed by atoms with Crippen molar-refractivity contribution in [2.45, 2.75) is 57.6 Å². The number of aryl methyl sites for hydroxylation is 1. The summed E-state index contributed by atoms with van der Waals surface area (Å²) in [6.45, 7) is 6.46. The maximum Gasteiger partial charge on any atom is 0.264 e. The van der Waals surface area contributed by atoms with Crippen LogP contribution >= 0.6 is 0 Å². The number of halogens is 1. The molecule has 230 valence electrons. The second-order valence-electron chi connectivity index (χ2n) is 11.0. The van der Waals surface area contributed by atoms with Crippen molar-refractivity contribution in [3.63, 3.8) is 0 Å². The number of anilines is 1. The number of carbonyl (C=O) groups is 2. The molecule has 0 aliphatic rings. The molecule has 2 amide bonds. The number of hydrogen-bond donors (Lipinski definition) is 1. The molecule has 4 rings (SSSR count). The van der Waals surface area contributed by atoms with Crippen LogP contribution in [0.4, 0.5) is 10.1 Å². The molecule has 1 atom stereocenters. The molecule has 0 aliphatic heterocycles. The lowest BCUT2D eigenvalue weighted by atomic mass is 10.0. The second kappa shape index (κ2) is 14.3. The summed E-state index contributed by atoms with van der Waals surface area (Å²) in [4.78, 5) is 29.5. The first-order valence-electron chi connectivity index (χ1n) is 14.5. The van der Waals surface area contributed by atoms with Crippen molar-refractivity contribution in [1.29, 1.82) is 0 Å². The molecule has 0 fully saturated rings. The number of nitrogens with one attached hydrogen (secondary N) is 1. The third-order valence-corrected chi connectivity index (χ3v) is 9.23. The molecule has 0 saturated heterocycles. The SMILES string of the molecule is Cc1cccc(N(CC(=O)N(Cc2ccccc2F)C(Cc2ccccc2)C(=O)NC(C)C)S(=O)(=O)c2ccccc2)c1C. The lowest BCUT2D eigenvalue weighted by molar-refractivity contribution is -0.140. The van der Waals surface area contributed by atoms with E-state index in [1.807, 2.05) is 57.2 Å². The van der Waals surface area contributed by atoms with E-state index in [-0.39, 0.29) is 29.5 Å². The Bertz CT molecular complexity index is 1700. The molecule has 44 heavy (non-hydrogen) atoms. The predicted molar refractivity (Wildman–Crippen MR) is 171 cm³/mol. The molecule has 9 heteroatoms.